The van der Waals surface area contributed by atoms with E-state index in [1.165, 1.54) is 0 Å². The standard InChI is InChI=1S/C8H6O4P2S/c9-7-5-2-1-4(12-14(13)15)3-6(5)8(10)11-7/h1-3,9-10,13H. The van der Waals surface area contributed by atoms with Gasteiger partial charge in [0.25, 0.3) is 11.9 Å². The molecular formula is C8H6O4P2S. The van der Waals surface area contributed by atoms with Crippen LogP contribution < -0.4 is 4.52 Å². The summed E-state index contributed by atoms with van der Waals surface area (Å²) in [4.78, 5) is 0. The largest absolute Gasteiger partial charge is 0.480 e. The van der Waals surface area contributed by atoms with Gasteiger partial charge in [0, 0.05) is 6.07 Å². The van der Waals surface area contributed by atoms with Crippen molar-refractivity contribution in [3.05, 3.63) is 18.2 Å². The van der Waals surface area contributed by atoms with Crippen molar-refractivity contribution in [3.63, 3.8) is 0 Å². The molecule has 15 heavy (non-hydrogen) atoms. The maximum atomic E-state index is 9.34. The van der Waals surface area contributed by atoms with Crippen LogP contribution in [0.15, 0.2) is 22.6 Å². The summed E-state index contributed by atoms with van der Waals surface area (Å²) in [5, 5.41) is 19.4. The molecule has 0 spiro atoms. The molecule has 1 heterocycles. The number of aromatic hydroxyl groups is 2. The molecule has 0 aliphatic carbocycles. The van der Waals surface area contributed by atoms with Crippen molar-refractivity contribution < 1.29 is 19.2 Å². The molecule has 78 valence electrons. The lowest BCUT2D eigenvalue weighted by atomic mass is 10.2. The van der Waals surface area contributed by atoms with E-state index in [4.69, 9.17) is 16.8 Å². The molecule has 0 bridgehead atoms. The maximum absolute atomic E-state index is 9.34. The summed E-state index contributed by atoms with van der Waals surface area (Å²) in [5.41, 5.74) is 0. The Morgan fingerprint density at radius 3 is 2.60 bits per heavy atom. The summed E-state index contributed by atoms with van der Waals surface area (Å²) in [5.74, 6) is -0.140. The lowest BCUT2D eigenvalue weighted by Gasteiger charge is -1.98. The molecule has 1 aromatic heterocycles. The predicted molar refractivity (Wildman–Crippen MR) is 62.8 cm³/mol. The van der Waals surface area contributed by atoms with Gasteiger partial charge in [-0.2, -0.15) is 0 Å². The molecule has 0 fully saturated rings. The average Bonchev–Trinajstić information content (AvgIpc) is 2.41. The third kappa shape index (κ3) is 2.05. The second-order valence-corrected chi connectivity index (χ2v) is 6.65. The van der Waals surface area contributed by atoms with Crippen LogP contribution in [0.4, 0.5) is 0 Å². The monoisotopic (exact) mass is 260 g/mol. The molecule has 2 rings (SSSR count). The Balaban J connectivity index is 2.55. The molecule has 0 radical (unpaired) electrons. The lowest BCUT2D eigenvalue weighted by Crippen LogP contribution is -1.76. The Hall–Kier alpha value is -0.890. The third-order valence-corrected chi connectivity index (χ3v) is 2.71. The first-order chi connectivity index (χ1) is 7.08. The molecule has 0 aliphatic heterocycles. The van der Waals surface area contributed by atoms with Gasteiger partial charge in [-0.3, -0.25) is 0 Å². The fourth-order valence-electron chi connectivity index (χ4n) is 1.24. The molecule has 0 saturated carbocycles. The van der Waals surface area contributed by atoms with E-state index in [2.05, 4.69) is 12.9 Å². The Kier molecular flexibility index (Phi) is 2.79. The minimum absolute atomic E-state index is 0.312. The number of benzene rings is 1. The molecule has 1 aromatic carbocycles. The van der Waals surface area contributed by atoms with Crippen molar-refractivity contribution in [2.24, 2.45) is 0 Å². The zero-order valence-electron chi connectivity index (χ0n) is 7.30. The highest BCUT2D eigenvalue weighted by molar-refractivity contribution is 8.39. The fraction of sp³-hybridized carbons (Fsp3) is 0. The van der Waals surface area contributed by atoms with E-state index in [1.807, 2.05) is 0 Å². The van der Waals surface area contributed by atoms with Gasteiger partial charge in [-0.15, -0.1) is 0 Å². The number of hydrogen-bond donors (Lipinski definition) is 2. The summed E-state index contributed by atoms with van der Waals surface area (Å²) in [6.45, 7) is -1.12. The van der Waals surface area contributed by atoms with Gasteiger partial charge in [0.1, 0.15) is 8.53 Å². The first-order valence-corrected chi connectivity index (χ1v) is 7.50. The second-order valence-electron chi connectivity index (χ2n) is 2.77. The van der Waals surface area contributed by atoms with Crippen LogP contribution in [-0.4, -0.2) is 10.2 Å². The van der Waals surface area contributed by atoms with Crippen molar-refractivity contribution in [1.29, 1.82) is 0 Å². The smallest absolute Gasteiger partial charge is 0.293 e. The van der Waals surface area contributed by atoms with Crippen LogP contribution in [0.3, 0.4) is 0 Å². The van der Waals surface area contributed by atoms with Gasteiger partial charge in [-0.1, -0.05) is 0 Å². The molecule has 0 aliphatic rings. The van der Waals surface area contributed by atoms with Gasteiger partial charge in [-0.25, -0.2) is 0 Å². The summed E-state index contributed by atoms with van der Waals surface area (Å²) in [6, 6.07) is 4.78. The molecule has 0 amide bonds. The van der Waals surface area contributed by atoms with Gasteiger partial charge < -0.3 is 31.4 Å². The van der Waals surface area contributed by atoms with E-state index in [0.29, 0.717) is 16.5 Å². The van der Waals surface area contributed by atoms with E-state index in [1.54, 1.807) is 18.2 Å². The van der Waals surface area contributed by atoms with Gasteiger partial charge in [-0.05, 0) is 12.1 Å². The van der Waals surface area contributed by atoms with Gasteiger partial charge in [0.2, 0.25) is 0 Å². The zero-order chi connectivity index (χ0) is 11.0. The normalized spacial score (nSPS) is 11.7. The minimum atomic E-state index is -1.12. The Morgan fingerprint density at radius 2 is 1.93 bits per heavy atom. The van der Waals surface area contributed by atoms with E-state index in [0.717, 1.165) is 0 Å². The lowest BCUT2D eigenvalue weighted by molar-refractivity contribution is 0.270. The quantitative estimate of drug-likeness (QED) is 0.641. The fourth-order valence-corrected chi connectivity index (χ4v) is 2.12. The van der Waals surface area contributed by atoms with E-state index >= 15 is 0 Å². The number of fused-ring (bicyclic) bond motifs is 1. The van der Waals surface area contributed by atoms with Crippen LogP contribution in [0.2, 0.25) is 0 Å². The van der Waals surface area contributed by atoms with E-state index < -0.39 is 6.64 Å². The van der Waals surface area contributed by atoms with Crippen molar-refractivity contribution >= 4 is 38.2 Å². The van der Waals surface area contributed by atoms with Crippen molar-refractivity contribution in [3.8, 4) is 17.6 Å². The van der Waals surface area contributed by atoms with Crippen LogP contribution in [0.1, 0.15) is 0 Å². The highest BCUT2D eigenvalue weighted by Gasteiger charge is 2.13. The summed E-state index contributed by atoms with van der Waals surface area (Å²) < 4.78 is 9.89. The molecule has 2 aromatic rings. The van der Waals surface area contributed by atoms with Crippen LogP contribution in [0, 0.1) is 0 Å². The van der Waals surface area contributed by atoms with Crippen LogP contribution in [0.5, 0.6) is 17.6 Å². The molecular weight excluding hydrogens is 254 g/mol. The first kappa shape index (κ1) is 10.6. The summed E-state index contributed by atoms with van der Waals surface area (Å²) in [7, 11) is 3.17. The molecule has 1 atom stereocenters. The van der Waals surface area contributed by atoms with Crippen molar-refractivity contribution in [2.45, 2.75) is 0 Å². The Bertz CT molecular complexity index is 537. The predicted octanol–water partition coefficient (Wildman–Crippen LogP) is 3.14. The molecule has 4 nitrogen and oxygen atoms in total. The SMILES string of the molecule is Oc1oc(O)c2cc(O[P+](=P)[S-])ccc12. The summed E-state index contributed by atoms with van der Waals surface area (Å²) in [6.07, 6.45) is 0. The molecule has 7 heteroatoms. The Labute approximate surface area is 93.5 Å². The Morgan fingerprint density at radius 1 is 1.27 bits per heavy atom. The van der Waals surface area contributed by atoms with Gasteiger partial charge >= 0.3 is 0 Å². The van der Waals surface area contributed by atoms with E-state index in [-0.39, 0.29) is 11.9 Å². The minimum Gasteiger partial charge on any atom is -0.480 e. The molecule has 0 saturated heterocycles. The second kappa shape index (κ2) is 3.93. The third-order valence-electron chi connectivity index (χ3n) is 1.83. The molecule has 1 unspecified atom stereocenters. The number of rotatable bonds is 2. The van der Waals surface area contributed by atoms with E-state index in [9.17, 15) is 10.2 Å². The van der Waals surface area contributed by atoms with Crippen molar-refractivity contribution in [2.75, 3.05) is 0 Å². The highest BCUT2D eigenvalue weighted by Crippen LogP contribution is 2.39. The van der Waals surface area contributed by atoms with Crippen molar-refractivity contribution in [1.82, 2.24) is 0 Å². The topological polar surface area (TPSA) is 62.8 Å². The average molecular weight is 260 g/mol. The highest BCUT2D eigenvalue weighted by atomic mass is 32.8. The summed E-state index contributed by atoms with van der Waals surface area (Å²) >= 11 is 4.84. The maximum Gasteiger partial charge on any atom is 0.293 e. The van der Waals surface area contributed by atoms with Gasteiger partial charge in [0.05, 0.1) is 10.8 Å². The number of furan rings is 1. The van der Waals surface area contributed by atoms with Crippen LogP contribution >= 0.6 is 15.2 Å². The first-order valence-electron chi connectivity index (χ1n) is 3.89. The van der Waals surface area contributed by atoms with Crippen LogP contribution in [-0.2, 0) is 12.2 Å². The molecule has 2 N–H and O–H groups in total. The van der Waals surface area contributed by atoms with Crippen LogP contribution in [0.25, 0.3) is 10.8 Å². The number of hydrogen-bond acceptors (Lipinski definition) is 5. The van der Waals surface area contributed by atoms with Gasteiger partial charge in [0.15, 0.2) is 12.4 Å². The zero-order valence-corrected chi connectivity index (χ0v) is 10.0.